The van der Waals surface area contributed by atoms with Crippen LogP contribution in [0.25, 0.3) is 0 Å². The number of aromatic nitrogens is 3. The summed E-state index contributed by atoms with van der Waals surface area (Å²) < 4.78 is 41.4. The molecule has 0 aliphatic heterocycles. The predicted molar refractivity (Wildman–Crippen MR) is 75.3 cm³/mol. The summed E-state index contributed by atoms with van der Waals surface area (Å²) in [5.41, 5.74) is 0.0429. The van der Waals surface area contributed by atoms with Gasteiger partial charge in [-0.1, -0.05) is 0 Å². The molecule has 0 saturated heterocycles. The molecule has 2 heterocycles. The maximum absolute atomic E-state index is 12.2. The average Bonchev–Trinajstić information content (AvgIpc) is 2.53. The monoisotopic (exact) mass is 327 g/mol. The lowest BCUT2D eigenvalue weighted by molar-refractivity contribution is -0.153. The molecule has 23 heavy (non-hydrogen) atoms. The van der Waals surface area contributed by atoms with Crippen molar-refractivity contribution in [3.05, 3.63) is 36.4 Å². The summed E-state index contributed by atoms with van der Waals surface area (Å²) in [7, 11) is 1.58. The fourth-order valence-electron chi connectivity index (χ4n) is 1.55. The molecule has 0 saturated carbocycles. The maximum Gasteiger partial charge on any atom is 0.422 e. The quantitative estimate of drug-likeness (QED) is 0.874. The minimum Gasteiger partial charge on any atom is -0.482 e. The molecule has 7 nitrogen and oxygen atoms in total. The molecule has 0 bridgehead atoms. The van der Waals surface area contributed by atoms with Crippen molar-refractivity contribution in [1.29, 1.82) is 0 Å². The van der Waals surface area contributed by atoms with Crippen LogP contribution >= 0.6 is 0 Å². The molecule has 0 aromatic carbocycles. The number of pyridine rings is 1. The van der Waals surface area contributed by atoms with Crippen molar-refractivity contribution in [3.8, 4) is 5.75 Å². The lowest BCUT2D eigenvalue weighted by Crippen LogP contribution is -2.21. The zero-order valence-electron chi connectivity index (χ0n) is 11.9. The van der Waals surface area contributed by atoms with E-state index in [1.54, 1.807) is 7.05 Å². The number of amides is 1. The molecule has 0 atom stereocenters. The lowest BCUT2D eigenvalue weighted by atomic mass is 10.3. The number of ether oxygens (including phenoxy) is 1. The van der Waals surface area contributed by atoms with Gasteiger partial charge in [-0.25, -0.2) is 9.97 Å². The van der Waals surface area contributed by atoms with E-state index < -0.39 is 18.7 Å². The highest BCUT2D eigenvalue weighted by atomic mass is 19.4. The Kier molecular flexibility index (Phi) is 4.94. The highest BCUT2D eigenvalue weighted by molar-refractivity contribution is 6.03. The molecule has 1 amide bonds. The molecular weight excluding hydrogens is 315 g/mol. The Hall–Kier alpha value is -2.91. The van der Waals surface area contributed by atoms with E-state index in [1.807, 2.05) is 0 Å². The summed E-state index contributed by atoms with van der Waals surface area (Å²) in [6.07, 6.45) is -0.675. The first-order valence-corrected chi connectivity index (χ1v) is 6.35. The van der Waals surface area contributed by atoms with E-state index in [2.05, 4.69) is 30.3 Å². The van der Waals surface area contributed by atoms with Crippen LogP contribution < -0.4 is 15.4 Å². The maximum atomic E-state index is 12.2. The van der Waals surface area contributed by atoms with Crippen LogP contribution in [-0.2, 0) is 0 Å². The number of nitrogens with one attached hydrogen (secondary N) is 2. The third kappa shape index (κ3) is 4.80. The number of rotatable bonds is 5. The second-order valence-electron chi connectivity index (χ2n) is 4.25. The molecule has 0 aliphatic carbocycles. The van der Waals surface area contributed by atoms with Crippen molar-refractivity contribution in [3.63, 3.8) is 0 Å². The minimum absolute atomic E-state index is 0.00590. The van der Waals surface area contributed by atoms with Gasteiger partial charge >= 0.3 is 6.18 Å². The molecule has 0 aliphatic rings. The highest BCUT2D eigenvalue weighted by Crippen LogP contribution is 2.25. The van der Waals surface area contributed by atoms with Crippen LogP contribution in [0.3, 0.4) is 0 Å². The second-order valence-corrected chi connectivity index (χ2v) is 4.25. The summed E-state index contributed by atoms with van der Waals surface area (Å²) in [4.78, 5) is 23.6. The smallest absolute Gasteiger partial charge is 0.422 e. The van der Waals surface area contributed by atoms with Gasteiger partial charge < -0.3 is 15.4 Å². The van der Waals surface area contributed by atoms with Crippen LogP contribution in [0.1, 0.15) is 10.5 Å². The van der Waals surface area contributed by atoms with Gasteiger partial charge in [0, 0.05) is 25.5 Å². The summed E-state index contributed by atoms with van der Waals surface area (Å²) in [5.74, 6) is -0.542. The van der Waals surface area contributed by atoms with Gasteiger partial charge in [0.15, 0.2) is 6.61 Å². The fourth-order valence-corrected chi connectivity index (χ4v) is 1.55. The van der Waals surface area contributed by atoms with Gasteiger partial charge in [-0.2, -0.15) is 13.2 Å². The van der Waals surface area contributed by atoms with Crippen molar-refractivity contribution in [2.75, 3.05) is 24.3 Å². The molecule has 2 N–H and O–H groups in total. The summed E-state index contributed by atoms with van der Waals surface area (Å²) in [5, 5.41) is 5.07. The SMILES string of the molecule is CNc1nccc(C(=O)Nc2cnccc2OCC(F)(F)F)n1. The number of alkyl halides is 3. The Morgan fingerprint density at radius 2 is 2.09 bits per heavy atom. The average molecular weight is 327 g/mol. The Balaban J connectivity index is 2.14. The number of hydrogen-bond donors (Lipinski definition) is 2. The summed E-state index contributed by atoms with van der Waals surface area (Å²) in [6.45, 7) is -1.47. The fraction of sp³-hybridized carbons (Fsp3) is 0.231. The first kappa shape index (κ1) is 16.5. The third-order valence-corrected chi connectivity index (χ3v) is 2.53. The first-order chi connectivity index (χ1) is 10.9. The van der Waals surface area contributed by atoms with Crippen molar-refractivity contribution in [1.82, 2.24) is 15.0 Å². The first-order valence-electron chi connectivity index (χ1n) is 6.35. The van der Waals surface area contributed by atoms with E-state index in [0.717, 1.165) is 0 Å². The summed E-state index contributed by atoms with van der Waals surface area (Å²) in [6, 6.07) is 2.59. The molecule has 10 heteroatoms. The van der Waals surface area contributed by atoms with Crippen LogP contribution in [0.5, 0.6) is 5.75 Å². The van der Waals surface area contributed by atoms with Crippen molar-refractivity contribution < 1.29 is 22.7 Å². The van der Waals surface area contributed by atoms with E-state index in [9.17, 15) is 18.0 Å². The Morgan fingerprint density at radius 1 is 1.30 bits per heavy atom. The van der Waals surface area contributed by atoms with Crippen molar-refractivity contribution >= 4 is 17.5 Å². The van der Waals surface area contributed by atoms with Crippen molar-refractivity contribution in [2.24, 2.45) is 0 Å². The topological polar surface area (TPSA) is 89.0 Å². The second kappa shape index (κ2) is 6.90. The molecule has 122 valence electrons. The molecule has 0 radical (unpaired) electrons. The van der Waals surface area contributed by atoms with Gasteiger partial charge in [-0.15, -0.1) is 0 Å². The third-order valence-electron chi connectivity index (χ3n) is 2.53. The lowest BCUT2D eigenvalue weighted by Gasteiger charge is -2.13. The number of halogens is 3. The van der Waals surface area contributed by atoms with Gasteiger partial charge in [0.05, 0.1) is 6.20 Å². The minimum atomic E-state index is -4.49. The Labute approximate surface area is 128 Å². The van der Waals surface area contributed by atoms with E-state index in [4.69, 9.17) is 0 Å². The van der Waals surface area contributed by atoms with Crippen LogP contribution in [0, 0.1) is 0 Å². The van der Waals surface area contributed by atoms with Crippen LogP contribution in [0.15, 0.2) is 30.7 Å². The van der Waals surface area contributed by atoms with Gasteiger partial charge in [-0.3, -0.25) is 9.78 Å². The standard InChI is InChI=1S/C13H12F3N5O2/c1-17-12-19-5-2-8(21-12)11(22)20-9-6-18-4-3-10(9)23-7-13(14,15)16/h2-6H,7H2,1H3,(H,20,22)(H,17,19,21). The van der Waals surface area contributed by atoms with Crippen LogP contribution in [-0.4, -0.2) is 40.7 Å². The van der Waals surface area contributed by atoms with Gasteiger partial charge in [-0.05, 0) is 6.07 Å². The number of carbonyl (C=O) groups excluding carboxylic acids is 1. The number of hydrogen-bond acceptors (Lipinski definition) is 6. The van der Waals surface area contributed by atoms with Crippen molar-refractivity contribution in [2.45, 2.75) is 6.18 Å². The van der Waals surface area contributed by atoms with Gasteiger partial charge in [0.25, 0.3) is 5.91 Å². The number of anilines is 2. The molecule has 0 unspecified atom stereocenters. The van der Waals surface area contributed by atoms with E-state index >= 15 is 0 Å². The highest BCUT2D eigenvalue weighted by Gasteiger charge is 2.29. The molecule has 0 spiro atoms. The zero-order chi connectivity index (χ0) is 16.9. The predicted octanol–water partition coefficient (Wildman–Crippen LogP) is 2.11. The zero-order valence-corrected chi connectivity index (χ0v) is 11.9. The Bertz CT molecular complexity index is 693. The molecule has 2 aromatic rings. The number of carbonyl (C=O) groups is 1. The molecular formula is C13H12F3N5O2. The number of nitrogens with zero attached hydrogens (tertiary/aromatic N) is 3. The molecule has 2 rings (SSSR count). The Morgan fingerprint density at radius 3 is 2.78 bits per heavy atom. The van der Waals surface area contributed by atoms with Gasteiger partial charge in [0.2, 0.25) is 5.95 Å². The van der Waals surface area contributed by atoms with Gasteiger partial charge in [0.1, 0.15) is 17.1 Å². The molecule has 0 fully saturated rings. The largest absolute Gasteiger partial charge is 0.482 e. The molecule has 2 aromatic heterocycles. The summed E-state index contributed by atoms with van der Waals surface area (Å²) >= 11 is 0. The van der Waals surface area contributed by atoms with E-state index in [1.165, 1.54) is 30.7 Å². The van der Waals surface area contributed by atoms with E-state index in [-0.39, 0.29) is 23.1 Å². The normalized spacial score (nSPS) is 11.0. The van der Waals surface area contributed by atoms with Crippen LogP contribution in [0.2, 0.25) is 0 Å². The van der Waals surface area contributed by atoms with E-state index in [0.29, 0.717) is 0 Å². The van der Waals surface area contributed by atoms with Crippen LogP contribution in [0.4, 0.5) is 24.8 Å².